The molecular formula is C14H19F5O3Si. The molecule has 0 aliphatic carbocycles. The van der Waals surface area contributed by atoms with Crippen molar-refractivity contribution in [2.45, 2.75) is 52.0 Å². The van der Waals surface area contributed by atoms with Gasteiger partial charge in [0.25, 0.3) is 0 Å². The molecule has 0 heterocycles. The first kappa shape index (κ1) is 20.0. The van der Waals surface area contributed by atoms with Crippen molar-refractivity contribution in [3.05, 3.63) is 34.9 Å². The molecule has 23 heavy (non-hydrogen) atoms. The second kappa shape index (κ2) is 7.69. The Balaban J connectivity index is 3.42. The van der Waals surface area contributed by atoms with E-state index in [1.165, 1.54) is 0 Å². The number of ether oxygens (including phenoxy) is 2. The third kappa shape index (κ3) is 4.28. The summed E-state index contributed by atoms with van der Waals surface area (Å²) in [6.45, 7) is 6.20. The van der Waals surface area contributed by atoms with Gasteiger partial charge in [-0.05, 0) is 33.8 Å². The highest BCUT2D eigenvalue weighted by Crippen LogP contribution is 2.39. The minimum absolute atomic E-state index is 0.0755. The van der Waals surface area contributed by atoms with Gasteiger partial charge in [0.05, 0.1) is 12.2 Å². The minimum atomic E-state index is -2.53. The zero-order valence-electron chi connectivity index (χ0n) is 13.4. The van der Waals surface area contributed by atoms with Gasteiger partial charge in [0.1, 0.15) is 0 Å². The van der Waals surface area contributed by atoms with Crippen LogP contribution in [-0.4, -0.2) is 28.7 Å². The Hall–Kier alpha value is -1.03. The average molecular weight is 358 g/mol. The molecule has 0 radical (unpaired) electrons. The largest absolute Gasteiger partial charge is 0.378 e. The lowest BCUT2D eigenvalue weighted by molar-refractivity contribution is -0.393. The first-order valence-corrected chi connectivity index (χ1v) is 7.75. The summed E-state index contributed by atoms with van der Waals surface area (Å²) in [5, 5.41) is 0. The Labute approximate surface area is 134 Å². The van der Waals surface area contributed by atoms with Gasteiger partial charge in [-0.3, -0.25) is 0 Å². The summed E-state index contributed by atoms with van der Waals surface area (Å²) in [7, 11) is -0.0755. The highest BCUT2D eigenvalue weighted by atomic mass is 28.2. The summed E-state index contributed by atoms with van der Waals surface area (Å²) in [5.74, 6) is -10.1. The van der Waals surface area contributed by atoms with E-state index in [-0.39, 0.29) is 16.6 Å². The van der Waals surface area contributed by atoms with Crippen LogP contribution in [0, 0.1) is 23.3 Å². The topological polar surface area (TPSA) is 27.7 Å². The normalized spacial score (nSPS) is 14.0. The maximum atomic E-state index is 14.9. The number of benzene rings is 1. The van der Waals surface area contributed by atoms with Gasteiger partial charge in [0.2, 0.25) is 6.17 Å². The SMILES string of the molecule is CC(C)OC(O[SiH3])(OC(C)C)C(F)c1cc(F)c(F)c(F)c1F. The molecule has 0 aromatic heterocycles. The van der Waals surface area contributed by atoms with Crippen LogP contribution in [-0.2, 0) is 13.9 Å². The summed E-state index contributed by atoms with van der Waals surface area (Å²) in [5.41, 5.74) is -1.08. The molecule has 0 aliphatic rings. The molecule has 0 N–H and O–H groups in total. The van der Waals surface area contributed by atoms with Crippen molar-refractivity contribution in [2.75, 3.05) is 0 Å². The second-order valence-corrected chi connectivity index (χ2v) is 5.80. The number of halogens is 5. The lowest BCUT2D eigenvalue weighted by Gasteiger charge is -2.38. The molecule has 0 fully saturated rings. The zero-order valence-corrected chi connectivity index (χ0v) is 15.4. The Kier molecular flexibility index (Phi) is 6.69. The van der Waals surface area contributed by atoms with Crippen molar-refractivity contribution < 1.29 is 35.9 Å². The number of hydrogen-bond donors (Lipinski definition) is 0. The molecule has 1 aromatic rings. The molecule has 0 saturated carbocycles. The van der Waals surface area contributed by atoms with Crippen LogP contribution in [0.4, 0.5) is 22.0 Å². The Morgan fingerprint density at radius 1 is 0.913 bits per heavy atom. The Bertz CT molecular complexity index is 544. The van der Waals surface area contributed by atoms with Crippen LogP contribution in [0.3, 0.4) is 0 Å². The maximum Gasteiger partial charge on any atom is 0.310 e. The molecule has 0 saturated heterocycles. The smallest absolute Gasteiger partial charge is 0.310 e. The summed E-state index contributed by atoms with van der Waals surface area (Å²) >= 11 is 0. The highest BCUT2D eigenvalue weighted by molar-refractivity contribution is 5.98. The van der Waals surface area contributed by atoms with Crippen molar-refractivity contribution in [1.82, 2.24) is 0 Å². The highest BCUT2D eigenvalue weighted by Gasteiger charge is 2.47. The second-order valence-electron chi connectivity index (χ2n) is 5.39. The molecular weight excluding hydrogens is 339 g/mol. The molecule has 132 valence electrons. The van der Waals surface area contributed by atoms with Gasteiger partial charge < -0.3 is 13.9 Å². The van der Waals surface area contributed by atoms with Crippen LogP contribution in [0.2, 0.25) is 0 Å². The fourth-order valence-electron chi connectivity index (χ4n) is 1.97. The van der Waals surface area contributed by atoms with E-state index in [2.05, 4.69) is 0 Å². The van der Waals surface area contributed by atoms with Crippen molar-refractivity contribution in [3.63, 3.8) is 0 Å². The molecule has 0 aliphatic heterocycles. The molecule has 1 rings (SSSR count). The van der Waals surface area contributed by atoms with E-state index in [0.717, 1.165) is 0 Å². The monoisotopic (exact) mass is 358 g/mol. The lowest BCUT2D eigenvalue weighted by Crippen LogP contribution is -2.47. The van der Waals surface area contributed by atoms with Crippen LogP contribution in [0.5, 0.6) is 0 Å². The van der Waals surface area contributed by atoms with Crippen LogP contribution >= 0.6 is 0 Å². The lowest BCUT2D eigenvalue weighted by atomic mass is 10.1. The molecule has 1 atom stereocenters. The van der Waals surface area contributed by atoms with Crippen molar-refractivity contribution in [2.24, 2.45) is 0 Å². The number of alkyl halides is 1. The van der Waals surface area contributed by atoms with Crippen LogP contribution in [0.1, 0.15) is 39.4 Å². The number of hydrogen-bond acceptors (Lipinski definition) is 3. The van der Waals surface area contributed by atoms with Gasteiger partial charge in [0.15, 0.2) is 33.8 Å². The van der Waals surface area contributed by atoms with E-state index in [9.17, 15) is 22.0 Å². The first-order valence-electron chi connectivity index (χ1n) is 6.93. The van der Waals surface area contributed by atoms with E-state index >= 15 is 0 Å². The molecule has 1 unspecified atom stereocenters. The van der Waals surface area contributed by atoms with Crippen LogP contribution < -0.4 is 0 Å². The Morgan fingerprint density at radius 3 is 1.78 bits per heavy atom. The van der Waals surface area contributed by atoms with Crippen molar-refractivity contribution in [1.29, 1.82) is 0 Å². The standard InChI is InChI=1S/C14H19F5O3Si/c1-6(2)20-14(22-23,21-7(3)4)13(19)8-5-9(15)11(17)12(18)10(8)16/h5-7,13H,1-4,23H3. The zero-order chi connectivity index (χ0) is 17.9. The van der Waals surface area contributed by atoms with E-state index in [1.54, 1.807) is 27.7 Å². The van der Waals surface area contributed by atoms with Gasteiger partial charge in [-0.1, -0.05) is 0 Å². The molecule has 9 heteroatoms. The average Bonchev–Trinajstić information content (AvgIpc) is 2.46. The summed E-state index contributed by atoms with van der Waals surface area (Å²) < 4.78 is 84.1. The predicted molar refractivity (Wildman–Crippen MR) is 76.3 cm³/mol. The fourth-order valence-corrected chi connectivity index (χ4v) is 2.37. The molecule has 3 nitrogen and oxygen atoms in total. The minimum Gasteiger partial charge on any atom is -0.378 e. The van der Waals surface area contributed by atoms with Crippen LogP contribution in [0.25, 0.3) is 0 Å². The third-order valence-corrected chi connectivity index (χ3v) is 3.37. The summed E-state index contributed by atoms with van der Waals surface area (Å²) in [4.78, 5) is 0. The van der Waals surface area contributed by atoms with Crippen LogP contribution in [0.15, 0.2) is 6.07 Å². The van der Waals surface area contributed by atoms with E-state index in [0.29, 0.717) is 0 Å². The van der Waals surface area contributed by atoms with Gasteiger partial charge in [-0.25, -0.2) is 22.0 Å². The van der Waals surface area contributed by atoms with Crippen molar-refractivity contribution in [3.8, 4) is 0 Å². The molecule has 1 aromatic carbocycles. The van der Waals surface area contributed by atoms with E-state index in [4.69, 9.17) is 13.9 Å². The fraction of sp³-hybridized carbons (Fsp3) is 0.571. The van der Waals surface area contributed by atoms with E-state index in [1.807, 2.05) is 0 Å². The van der Waals surface area contributed by atoms with Gasteiger partial charge in [-0.2, -0.15) is 0 Å². The number of rotatable bonds is 7. The summed E-state index contributed by atoms with van der Waals surface area (Å²) in [6.07, 6.45) is -3.73. The van der Waals surface area contributed by atoms with Gasteiger partial charge >= 0.3 is 5.97 Å². The Morgan fingerprint density at radius 2 is 1.39 bits per heavy atom. The van der Waals surface area contributed by atoms with Crippen molar-refractivity contribution >= 4 is 10.5 Å². The molecule has 0 bridgehead atoms. The maximum absolute atomic E-state index is 14.9. The molecule has 0 spiro atoms. The first-order chi connectivity index (χ1) is 10.6. The summed E-state index contributed by atoms with van der Waals surface area (Å²) in [6, 6.07) is 0.223. The molecule has 0 amide bonds. The predicted octanol–water partition coefficient (Wildman–Crippen LogP) is 3.05. The van der Waals surface area contributed by atoms with Gasteiger partial charge in [0, 0.05) is 5.56 Å². The van der Waals surface area contributed by atoms with Gasteiger partial charge in [-0.15, -0.1) is 0 Å². The van der Waals surface area contributed by atoms with E-state index < -0.39 is 53.2 Å². The third-order valence-electron chi connectivity index (χ3n) is 2.80. The quantitative estimate of drug-likeness (QED) is 0.247.